The molecular formula is C17H13ClN2O4S. The summed E-state index contributed by atoms with van der Waals surface area (Å²) in [7, 11) is 0. The van der Waals surface area contributed by atoms with Gasteiger partial charge in [0.15, 0.2) is 0 Å². The number of carboxylic acid groups (broad SMARTS) is 1. The Kier molecular flexibility index (Phi) is 4.78. The molecule has 2 heterocycles. The number of nitrogens with zero attached hydrogens (tertiary/aromatic N) is 2. The van der Waals surface area contributed by atoms with E-state index < -0.39 is 17.1 Å². The predicted octanol–water partition coefficient (Wildman–Crippen LogP) is 3.17. The van der Waals surface area contributed by atoms with Crippen molar-refractivity contribution in [3.8, 4) is 0 Å². The van der Waals surface area contributed by atoms with Crippen LogP contribution >= 0.6 is 23.4 Å². The molecule has 25 heavy (non-hydrogen) atoms. The molecule has 1 aliphatic heterocycles. The average Bonchev–Trinajstić information content (AvgIpc) is 2.85. The van der Waals surface area contributed by atoms with Gasteiger partial charge in [0, 0.05) is 17.6 Å². The molecule has 1 N–H and O–H groups in total. The Bertz CT molecular complexity index is 887. The zero-order valence-electron chi connectivity index (χ0n) is 13.1. The van der Waals surface area contributed by atoms with Crippen molar-refractivity contribution < 1.29 is 19.5 Å². The van der Waals surface area contributed by atoms with Gasteiger partial charge >= 0.3 is 5.97 Å². The molecule has 0 spiro atoms. The second-order valence-electron chi connectivity index (χ2n) is 5.42. The number of imide groups is 1. The molecule has 6 nitrogen and oxygen atoms in total. The Balaban J connectivity index is 1.90. The van der Waals surface area contributed by atoms with Gasteiger partial charge < -0.3 is 5.11 Å². The minimum Gasteiger partial charge on any atom is -0.478 e. The number of benzene rings is 1. The summed E-state index contributed by atoms with van der Waals surface area (Å²) in [5, 5.41) is 9.18. The third-order valence-corrected chi connectivity index (χ3v) is 5.45. The normalized spacial score (nSPS) is 17.2. The van der Waals surface area contributed by atoms with E-state index in [0.717, 1.165) is 16.7 Å². The van der Waals surface area contributed by atoms with E-state index in [9.17, 15) is 19.5 Å². The first-order valence-corrected chi connectivity index (χ1v) is 8.62. The Hall–Kier alpha value is -2.38. The van der Waals surface area contributed by atoms with Crippen LogP contribution < -0.4 is 4.90 Å². The van der Waals surface area contributed by atoms with Crippen LogP contribution in [0.3, 0.4) is 0 Å². The van der Waals surface area contributed by atoms with Gasteiger partial charge in [0.25, 0.3) is 0 Å². The van der Waals surface area contributed by atoms with Crippen LogP contribution in [-0.4, -0.2) is 33.1 Å². The number of amides is 2. The molecular weight excluding hydrogens is 364 g/mol. The summed E-state index contributed by atoms with van der Waals surface area (Å²) in [5.41, 5.74) is 1.09. The standard InChI is InChI=1S/C17H13ClN2O4S/c1-9-11(18)5-2-6-12(9)20-14(21)8-13(16(20)22)25-15-10(17(23)24)4-3-7-19-15/h2-7,13H,8H2,1H3,(H,23,24)/t13-/m1/s1. The number of rotatable bonds is 4. The molecule has 0 saturated carbocycles. The number of hydrogen-bond acceptors (Lipinski definition) is 5. The van der Waals surface area contributed by atoms with Gasteiger partial charge in [-0.25, -0.2) is 14.7 Å². The lowest BCUT2D eigenvalue weighted by atomic mass is 10.2. The molecule has 1 atom stereocenters. The van der Waals surface area contributed by atoms with Gasteiger partial charge in [-0.2, -0.15) is 0 Å². The number of aromatic nitrogens is 1. The molecule has 8 heteroatoms. The first-order chi connectivity index (χ1) is 11.9. The maximum atomic E-state index is 12.7. The Morgan fingerprint density at radius 2 is 2.08 bits per heavy atom. The number of halogens is 1. The number of carbonyl (C=O) groups is 3. The highest BCUT2D eigenvalue weighted by Gasteiger charge is 2.41. The van der Waals surface area contributed by atoms with Crippen molar-refractivity contribution in [2.24, 2.45) is 0 Å². The minimum absolute atomic E-state index is 0.00475. The molecule has 128 valence electrons. The van der Waals surface area contributed by atoms with E-state index in [1.54, 1.807) is 25.1 Å². The van der Waals surface area contributed by atoms with E-state index in [-0.39, 0.29) is 22.9 Å². The van der Waals surface area contributed by atoms with Crippen LogP contribution in [0, 0.1) is 6.92 Å². The SMILES string of the molecule is Cc1c(Cl)cccc1N1C(=O)C[C@@H](Sc2ncccc2C(=O)O)C1=O. The van der Waals surface area contributed by atoms with E-state index >= 15 is 0 Å². The van der Waals surface area contributed by atoms with Crippen LogP contribution in [0.2, 0.25) is 5.02 Å². The maximum Gasteiger partial charge on any atom is 0.338 e. The van der Waals surface area contributed by atoms with Crippen molar-refractivity contribution in [3.63, 3.8) is 0 Å². The smallest absolute Gasteiger partial charge is 0.338 e. The molecule has 0 radical (unpaired) electrons. The number of pyridine rings is 1. The molecule has 1 aliphatic rings. The van der Waals surface area contributed by atoms with Crippen LogP contribution in [0.1, 0.15) is 22.3 Å². The molecule has 1 aromatic carbocycles. The largest absolute Gasteiger partial charge is 0.478 e. The highest BCUT2D eigenvalue weighted by Crippen LogP contribution is 2.36. The molecule has 1 fully saturated rings. The zero-order chi connectivity index (χ0) is 18.1. The van der Waals surface area contributed by atoms with Gasteiger partial charge in [0.1, 0.15) is 5.03 Å². The fourth-order valence-corrected chi connectivity index (χ4v) is 3.85. The van der Waals surface area contributed by atoms with Crippen LogP contribution in [0.4, 0.5) is 5.69 Å². The van der Waals surface area contributed by atoms with Crippen LogP contribution in [0.25, 0.3) is 0 Å². The van der Waals surface area contributed by atoms with Gasteiger partial charge in [0.05, 0.1) is 16.5 Å². The summed E-state index contributed by atoms with van der Waals surface area (Å²) in [6.45, 7) is 1.74. The van der Waals surface area contributed by atoms with E-state index in [1.165, 1.54) is 18.3 Å². The van der Waals surface area contributed by atoms with Gasteiger partial charge in [0.2, 0.25) is 11.8 Å². The zero-order valence-corrected chi connectivity index (χ0v) is 14.7. The van der Waals surface area contributed by atoms with Gasteiger partial charge in [-0.15, -0.1) is 0 Å². The topological polar surface area (TPSA) is 87.6 Å². The number of aromatic carboxylic acids is 1. The summed E-state index contributed by atoms with van der Waals surface area (Å²) in [4.78, 5) is 41.5. The predicted molar refractivity (Wildman–Crippen MR) is 94.1 cm³/mol. The summed E-state index contributed by atoms with van der Waals surface area (Å²) in [6, 6.07) is 7.94. The highest BCUT2D eigenvalue weighted by molar-refractivity contribution is 8.00. The second kappa shape index (κ2) is 6.85. The number of anilines is 1. The van der Waals surface area contributed by atoms with E-state index in [1.807, 2.05) is 0 Å². The molecule has 2 amide bonds. The van der Waals surface area contributed by atoms with Crippen molar-refractivity contribution in [2.75, 3.05) is 4.90 Å². The summed E-state index contributed by atoms with van der Waals surface area (Å²) in [5.74, 6) is -1.88. The van der Waals surface area contributed by atoms with E-state index in [2.05, 4.69) is 4.98 Å². The highest BCUT2D eigenvalue weighted by atomic mass is 35.5. The first-order valence-electron chi connectivity index (χ1n) is 7.37. The summed E-state index contributed by atoms with van der Waals surface area (Å²) in [6.07, 6.45) is 1.43. The third kappa shape index (κ3) is 3.25. The van der Waals surface area contributed by atoms with Crippen molar-refractivity contribution in [3.05, 3.63) is 52.7 Å². The Labute approximate surface area is 152 Å². The molecule has 0 aliphatic carbocycles. The second-order valence-corrected chi connectivity index (χ2v) is 7.02. The molecule has 3 rings (SSSR count). The lowest BCUT2D eigenvalue weighted by Gasteiger charge is -2.18. The van der Waals surface area contributed by atoms with Crippen LogP contribution in [0.15, 0.2) is 41.6 Å². The fraction of sp³-hybridized carbons (Fsp3) is 0.176. The number of thioether (sulfide) groups is 1. The number of hydrogen-bond donors (Lipinski definition) is 1. The first kappa shape index (κ1) is 17.4. The monoisotopic (exact) mass is 376 g/mol. The lowest BCUT2D eigenvalue weighted by molar-refractivity contribution is -0.121. The number of carbonyl (C=O) groups excluding carboxylic acids is 2. The van der Waals surface area contributed by atoms with Crippen molar-refractivity contribution in [1.82, 2.24) is 4.98 Å². The molecule has 1 saturated heterocycles. The molecule has 0 bridgehead atoms. The third-order valence-electron chi connectivity index (χ3n) is 3.84. The molecule has 2 aromatic rings. The van der Waals surface area contributed by atoms with Crippen molar-refractivity contribution in [1.29, 1.82) is 0 Å². The van der Waals surface area contributed by atoms with Crippen LogP contribution in [0.5, 0.6) is 0 Å². The maximum absolute atomic E-state index is 12.7. The van der Waals surface area contributed by atoms with Crippen LogP contribution in [-0.2, 0) is 9.59 Å². The van der Waals surface area contributed by atoms with E-state index in [4.69, 9.17) is 11.6 Å². The molecule has 1 aromatic heterocycles. The summed E-state index contributed by atoms with van der Waals surface area (Å²) < 4.78 is 0. The van der Waals surface area contributed by atoms with Gasteiger partial charge in [-0.1, -0.05) is 29.4 Å². The quantitative estimate of drug-likeness (QED) is 0.824. The molecule has 0 unspecified atom stereocenters. The van der Waals surface area contributed by atoms with Crippen molar-refractivity contribution in [2.45, 2.75) is 23.6 Å². The fourth-order valence-electron chi connectivity index (χ4n) is 2.57. The van der Waals surface area contributed by atoms with E-state index in [0.29, 0.717) is 16.3 Å². The average molecular weight is 377 g/mol. The van der Waals surface area contributed by atoms with Gasteiger partial charge in [-0.05, 0) is 36.8 Å². The van der Waals surface area contributed by atoms with Gasteiger partial charge in [-0.3, -0.25) is 9.59 Å². The Morgan fingerprint density at radius 1 is 1.32 bits per heavy atom. The summed E-state index contributed by atoms with van der Waals surface area (Å²) >= 11 is 7.07. The minimum atomic E-state index is -1.13. The lowest BCUT2D eigenvalue weighted by Crippen LogP contribution is -2.31. The van der Waals surface area contributed by atoms with Crippen molar-refractivity contribution >= 4 is 46.8 Å². The number of carboxylic acids is 1. The Morgan fingerprint density at radius 3 is 2.80 bits per heavy atom.